The molecule has 1 heterocycles. The minimum atomic E-state index is -3.15. The summed E-state index contributed by atoms with van der Waals surface area (Å²) in [6, 6.07) is 7.89. The van der Waals surface area contributed by atoms with E-state index in [1.165, 1.54) is 5.56 Å². The van der Waals surface area contributed by atoms with Gasteiger partial charge in [0.2, 0.25) is 5.91 Å². The number of carbonyl (C=O) groups is 1. The van der Waals surface area contributed by atoms with E-state index < -0.39 is 9.84 Å². The number of nitrogens with one attached hydrogen (secondary N) is 1. The van der Waals surface area contributed by atoms with E-state index in [4.69, 9.17) is 0 Å². The lowest BCUT2D eigenvalue weighted by Gasteiger charge is -2.34. The molecule has 0 bridgehead atoms. The Hall–Kier alpha value is -1.44. The van der Waals surface area contributed by atoms with Crippen molar-refractivity contribution in [3.05, 3.63) is 29.8 Å². The molecule has 0 atom stereocenters. The first kappa shape index (κ1) is 21.3. The normalized spacial score (nSPS) is 19.8. The molecule has 1 aromatic rings. The Kier molecular flexibility index (Phi) is 7.48. The van der Waals surface area contributed by atoms with Gasteiger partial charge in [0.05, 0.1) is 11.0 Å². The summed E-state index contributed by atoms with van der Waals surface area (Å²) in [5.74, 6) is -0.282. The monoisotopic (exact) mass is 407 g/mol. The highest BCUT2D eigenvalue weighted by molar-refractivity contribution is 7.92. The number of carbonyl (C=O) groups excluding carboxylic acids is 1. The number of sulfone groups is 1. The van der Waals surface area contributed by atoms with Gasteiger partial charge in [-0.3, -0.25) is 9.69 Å². The van der Waals surface area contributed by atoms with E-state index in [1.54, 1.807) is 0 Å². The van der Waals surface area contributed by atoms with E-state index in [2.05, 4.69) is 22.0 Å². The van der Waals surface area contributed by atoms with Gasteiger partial charge in [-0.1, -0.05) is 31.9 Å². The van der Waals surface area contributed by atoms with Crippen molar-refractivity contribution in [2.45, 2.75) is 50.8 Å². The minimum Gasteiger partial charge on any atom is -0.326 e. The van der Waals surface area contributed by atoms with Crippen molar-refractivity contribution >= 4 is 21.4 Å². The summed E-state index contributed by atoms with van der Waals surface area (Å²) < 4.78 is 24.6. The maximum absolute atomic E-state index is 12.3. The number of hydrogen-bond donors (Lipinski definition) is 1. The number of benzene rings is 1. The first-order valence-corrected chi connectivity index (χ1v) is 12.2. The quantitative estimate of drug-likeness (QED) is 0.717. The second-order valence-corrected chi connectivity index (χ2v) is 10.4. The molecule has 0 unspecified atom stereocenters. The van der Waals surface area contributed by atoms with Gasteiger partial charge in [-0.15, -0.1) is 0 Å². The molecule has 156 valence electrons. The maximum atomic E-state index is 12.3. The number of piperazine rings is 1. The number of anilines is 1. The summed E-state index contributed by atoms with van der Waals surface area (Å²) in [5.41, 5.74) is 1.95. The Balaban J connectivity index is 1.43. The fourth-order valence-electron chi connectivity index (χ4n) is 4.09. The summed E-state index contributed by atoms with van der Waals surface area (Å²) in [7, 11) is -3.15. The molecule has 7 heteroatoms. The number of nitrogens with zero attached hydrogens (tertiary/aromatic N) is 2. The number of rotatable bonds is 8. The minimum absolute atomic E-state index is 0.0301. The molecular formula is C21H33N3O3S. The SMILES string of the molecule is CCN1CCN(Cc2ccc(NC(=O)CCS(=O)(=O)C3CCCC3)cc2)CC1. The summed E-state index contributed by atoms with van der Waals surface area (Å²) >= 11 is 0. The Morgan fingerprint density at radius 3 is 2.25 bits per heavy atom. The zero-order valence-electron chi connectivity index (χ0n) is 16.9. The average Bonchev–Trinajstić information content (AvgIpc) is 3.25. The van der Waals surface area contributed by atoms with Crippen LogP contribution < -0.4 is 5.32 Å². The lowest BCUT2D eigenvalue weighted by molar-refractivity contribution is -0.115. The molecule has 1 aromatic carbocycles. The van der Waals surface area contributed by atoms with Crippen molar-refractivity contribution in [1.29, 1.82) is 0 Å². The number of likely N-dealkylation sites (N-methyl/N-ethyl adjacent to an activating group) is 1. The van der Waals surface area contributed by atoms with Crippen LogP contribution >= 0.6 is 0 Å². The highest BCUT2D eigenvalue weighted by Gasteiger charge is 2.28. The molecule has 1 saturated carbocycles. The molecule has 0 aromatic heterocycles. The molecule has 1 saturated heterocycles. The third-order valence-corrected chi connectivity index (χ3v) is 8.24. The van der Waals surface area contributed by atoms with Gasteiger partial charge >= 0.3 is 0 Å². The number of amides is 1. The molecule has 28 heavy (non-hydrogen) atoms. The van der Waals surface area contributed by atoms with Crippen LogP contribution in [0, 0.1) is 0 Å². The van der Waals surface area contributed by atoms with Gasteiger partial charge in [-0.25, -0.2) is 8.42 Å². The topological polar surface area (TPSA) is 69.7 Å². The van der Waals surface area contributed by atoms with Crippen molar-refractivity contribution in [3.63, 3.8) is 0 Å². The Bertz CT molecular complexity index is 735. The van der Waals surface area contributed by atoms with Crippen LogP contribution in [-0.4, -0.2) is 67.9 Å². The zero-order valence-corrected chi connectivity index (χ0v) is 17.7. The van der Waals surface area contributed by atoms with E-state index >= 15 is 0 Å². The van der Waals surface area contributed by atoms with Crippen LogP contribution in [0.5, 0.6) is 0 Å². The molecule has 1 amide bonds. The Morgan fingerprint density at radius 2 is 1.64 bits per heavy atom. The molecule has 2 aliphatic rings. The standard InChI is InChI=1S/C21H33N3O3S/c1-2-23-12-14-24(15-13-23)17-18-7-9-19(10-8-18)22-21(25)11-16-28(26,27)20-5-3-4-6-20/h7-10,20H,2-6,11-17H2,1H3,(H,22,25). The van der Waals surface area contributed by atoms with Gasteiger partial charge in [0, 0.05) is 44.8 Å². The first-order valence-electron chi connectivity index (χ1n) is 10.5. The third-order valence-electron chi connectivity index (χ3n) is 5.98. The summed E-state index contributed by atoms with van der Waals surface area (Å²) in [4.78, 5) is 17.1. The summed E-state index contributed by atoms with van der Waals surface area (Å²) in [5, 5.41) is 2.59. The molecule has 1 aliphatic heterocycles. The second-order valence-electron chi connectivity index (χ2n) is 7.98. The zero-order chi connectivity index (χ0) is 20.0. The third kappa shape index (κ3) is 6.03. The fourth-order valence-corrected chi connectivity index (χ4v) is 5.94. The van der Waals surface area contributed by atoms with Crippen LogP contribution in [0.1, 0.15) is 44.6 Å². The van der Waals surface area contributed by atoms with Crippen molar-refractivity contribution in [2.24, 2.45) is 0 Å². The van der Waals surface area contributed by atoms with Crippen LogP contribution in [0.15, 0.2) is 24.3 Å². The van der Waals surface area contributed by atoms with Crippen molar-refractivity contribution in [3.8, 4) is 0 Å². The van der Waals surface area contributed by atoms with Gasteiger partial charge < -0.3 is 10.2 Å². The van der Waals surface area contributed by atoms with E-state index in [-0.39, 0.29) is 23.3 Å². The van der Waals surface area contributed by atoms with Gasteiger partial charge in [-0.2, -0.15) is 0 Å². The lowest BCUT2D eigenvalue weighted by atomic mass is 10.1. The average molecular weight is 408 g/mol. The van der Waals surface area contributed by atoms with Crippen LogP contribution in [0.25, 0.3) is 0 Å². The van der Waals surface area contributed by atoms with Crippen molar-refractivity contribution in [1.82, 2.24) is 9.80 Å². The first-order chi connectivity index (χ1) is 13.5. The van der Waals surface area contributed by atoms with E-state index in [0.29, 0.717) is 0 Å². The van der Waals surface area contributed by atoms with Crippen molar-refractivity contribution in [2.75, 3.05) is 43.8 Å². The van der Waals surface area contributed by atoms with E-state index in [9.17, 15) is 13.2 Å². The van der Waals surface area contributed by atoms with Gasteiger partial charge in [0.1, 0.15) is 0 Å². The van der Waals surface area contributed by atoms with Gasteiger partial charge in [0.25, 0.3) is 0 Å². The van der Waals surface area contributed by atoms with Crippen LogP contribution in [0.2, 0.25) is 0 Å². The van der Waals surface area contributed by atoms with Gasteiger partial charge in [0.15, 0.2) is 9.84 Å². The van der Waals surface area contributed by atoms with Crippen LogP contribution in [-0.2, 0) is 21.2 Å². The maximum Gasteiger partial charge on any atom is 0.225 e. The predicted molar refractivity (Wildman–Crippen MR) is 113 cm³/mol. The second kappa shape index (κ2) is 9.85. The molecule has 6 nitrogen and oxygen atoms in total. The predicted octanol–water partition coefficient (Wildman–Crippen LogP) is 2.51. The van der Waals surface area contributed by atoms with Gasteiger partial charge in [-0.05, 0) is 37.1 Å². The van der Waals surface area contributed by atoms with E-state index in [1.807, 2.05) is 24.3 Å². The molecule has 2 fully saturated rings. The summed E-state index contributed by atoms with van der Waals surface area (Å²) in [6.45, 7) is 8.65. The highest BCUT2D eigenvalue weighted by Crippen LogP contribution is 2.25. The highest BCUT2D eigenvalue weighted by atomic mass is 32.2. The smallest absolute Gasteiger partial charge is 0.225 e. The Labute approximate surface area is 169 Å². The molecule has 1 aliphatic carbocycles. The Morgan fingerprint density at radius 1 is 1.04 bits per heavy atom. The molecular weight excluding hydrogens is 374 g/mol. The molecule has 0 spiro atoms. The summed E-state index contributed by atoms with van der Waals surface area (Å²) in [6.07, 6.45) is 3.49. The fraction of sp³-hybridized carbons (Fsp3) is 0.667. The molecule has 3 rings (SSSR count). The van der Waals surface area contributed by atoms with Crippen LogP contribution in [0.4, 0.5) is 5.69 Å². The van der Waals surface area contributed by atoms with Crippen molar-refractivity contribution < 1.29 is 13.2 Å². The lowest BCUT2D eigenvalue weighted by Crippen LogP contribution is -2.45. The molecule has 0 radical (unpaired) electrons. The van der Waals surface area contributed by atoms with Crippen LogP contribution in [0.3, 0.4) is 0 Å². The number of hydrogen-bond acceptors (Lipinski definition) is 5. The van der Waals surface area contributed by atoms with E-state index in [0.717, 1.165) is 70.6 Å². The largest absolute Gasteiger partial charge is 0.326 e. The molecule has 1 N–H and O–H groups in total.